The first kappa shape index (κ1) is 14.9. The Hall–Kier alpha value is -1.55. The van der Waals surface area contributed by atoms with Gasteiger partial charge in [0.05, 0.1) is 6.10 Å². The molecule has 1 aliphatic rings. The third-order valence-corrected chi connectivity index (χ3v) is 3.88. The molecule has 0 aliphatic heterocycles. The third kappa shape index (κ3) is 3.97. The molecule has 2 N–H and O–H groups in total. The van der Waals surface area contributed by atoms with Crippen LogP contribution in [0, 0.1) is 12.8 Å². The lowest BCUT2D eigenvalue weighted by atomic mass is 10.0. The fraction of sp³-hybridized carbons (Fsp3) is 0.562. The van der Waals surface area contributed by atoms with Crippen LogP contribution in [0.1, 0.15) is 48.0 Å². The van der Waals surface area contributed by atoms with E-state index >= 15 is 0 Å². The lowest BCUT2D eigenvalue weighted by Crippen LogP contribution is -2.21. The second-order valence-electron chi connectivity index (χ2n) is 5.66. The van der Waals surface area contributed by atoms with Crippen molar-refractivity contribution in [2.24, 2.45) is 5.92 Å². The molecule has 0 bridgehead atoms. The molecule has 1 aromatic rings. The molecular formula is C16H22O4. The van der Waals surface area contributed by atoms with E-state index in [9.17, 15) is 9.90 Å². The van der Waals surface area contributed by atoms with Crippen LogP contribution in [0.3, 0.4) is 0 Å². The number of aliphatic hydroxyl groups excluding tert-OH is 1. The zero-order valence-corrected chi connectivity index (χ0v) is 11.8. The van der Waals surface area contributed by atoms with Crippen LogP contribution < -0.4 is 4.74 Å². The second-order valence-corrected chi connectivity index (χ2v) is 5.66. The first-order valence-corrected chi connectivity index (χ1v) is 7.21. The normalized spacial score (nSPS) is 17.1. The molecule has 0 amide bonds. The number of aryl methyl sites for hydroxylation is 1. The predicted molar refractivity (Wildman–Crippen MR) is 76.2 cm³/mol. The van der Waals surface area contributed by atoms with Crippen LogP contribution in [0.5, 0.6) is 5.75 Å². The summed E-state index contributed by atoms with van der Waals surface area (Å²) in [5, 5.41) is 19.1. The first-order chi connectivity index (χ1) is 9.56. The van der Waals surface area contributed by atoms with Gasteiger partial charge < -0.3 is 14.9 Å². The number of carboxylic acids is 1. The van der Waals surface area contributed by atoms with E-state index in [0.29, 0.717) is 11.7 Å². The highest BCUT2D eigenvalue weighted by Gasteiger charge is 2.20. The van der Waals surface area contributed by atoms with Crippen LogP contribution in [-0.4, -0.2) is 28.9 Å². The van der Waals surface area contributed by atoms with Crippen LogP contribution in [0.2, 0.25) is 0 Å². The van der Waals surface area contributed by atoms with Gasteiger partial charge in [0, 0.05) is 0 Å². The summed E-state index contributed by atoms with van der Waals surface area (Å²) in [7, 11) is 0. The molecule has 0 heterocycles. The van der Waals surface area contributed by atoms with Gasteiger partial charge in [0.15, 0.2) is 0 Å². The van der Waals surface area contributed by atoms with Crippen molar-refractivity contribution in [3.8, 4) is 5.75 Å². The predicted octanol–water partition coefficient (Wildman–Crippen LogP) is 3.01. The number of benzene rings is 1. The second kappa shape index (κ2) is 6.75. The van der Waals surface area contributed by atoms with Crippen molar-refractivity contribution in [3.63, 3.8) is 0 Å². The Morgan fingerprint density at radius 2 is 2.10 bits per heavy atom. The highest BCUT2D eigenvalue weighted by atomic mass is 16.5. The van der Waals surface area contributed by atoms with E-state index in [4.69, 9.17) is 9.84 Å². The number of aliphatic hydroxyl groups is 1. The fourth-order valence-electron chi connectivity index (χ4n) is 2.82. The van der Waals surface area contributed by atoms with Crippen LogP contribution in [0.15, 0.2) is 18.2 Å². The SMILES string of the molecule is Cc1ccc(OCC(O)CC2CCCC2)c(C(=O)O)c1. The van der Waals surface area contributed by atoms with E-state index < -0.39 is 12.1 Å². The van der Waals surface area contributed by atoms with Gasteiger partial charge in [0.25, 0.3) is 0 Å². The standard InChI is InChI=1S/C16H22O4/c1-11-6-7-15(14(8-11)16(18)19)20-10-13(17)9-12-4-2-3-5-12/h6-8,12-13,17H,2-5,9-10H2,1H3,(H,18,19). The van der Waals surface area contributed by atoms with Crippen molar-refractivity contribution >= 4 is 5.97 Å². The van der Waals surface area contributed by atoms with Crippen molar-refractivity contribution in [3.05, 3.63) is 29.3 Å². The Bertz CT molecular complexity index is 464. The Labute approximate surface area is 119 Å². The molecule has 1 fully saturated rings. The lowest BCUT2D eigenvalue weighted by molar-refractivity contribution is 0.0671. The smallest absolute Gasteiger partial charge is 0.339 e. The van der Waals surface area contributed by atoms with Crippen molar-refractivity contribution in [2.45, 2.75) is 45.1 Å². The molecule has 1 unspecified atom stereocenters. The van der Waals surface area contributed by atoms with E-state index in [0.717, 1.165) is 12.0 Å². The van der Waals surface area contributed by atoms with E-state index in [1.54, 1.807) is 12.1 Å². The first-order valence-electron chi connectivity index (χ1n) is 7.21. The van der Waals surface area contributed by atoms with E-state index in [1.165, 1.54) is 25.7 Å². The molecule has 0 aromatic heterocycles. The van der Waals surface area contributed by atoms with E-state index in [2.05, 4.69) is 0 Å². The topological polar surface area (TPSA) is 66.8 Å². The van der Waals surface area contributed by atoms with Crippen molar-refractivity contribution in [1.82, 2.24) is 0 Å². The molecule has 1 saturated carbocycles. The minimum atomic E-state index is -1.01. The molecule has 0 radical (unpaired) electrons. The molecule has 0 saturated heterocycles. The minimum Gasteiger partial charge on any atom is -0.490 e. The number of hydrogen-bond acceptors (Lipinski definition) is 3. The average Bonchev–Trinajstić information content (AvgIpc) is 2.90. The van der Waals surface area contributed by atoms with Crippen LogP contribution in [0.25, 0.3) is 0 Å². The molecule has 4 nitrogen and oxygen atoms in total. The number of ether oxygens (including phenoxy) is 1. The maximum Gasteiger partial charge on any atom is 0.339 e. The van der Waals surface area contributed by atoms with Gasteiger partial charge in [0.2, 0.25) is 0 Å². The Balaban J connectivity index is 1.91. The van der Waals surface area contributed by atoms with Gasteiger partial charge >= 0.3 is 5.97 Å². The van der Waals surface area contributed by atoms with Gasteiger partial charge in [-0.25, -0.2) is 4.79 Å². The summed E-state index contributed by atoms with van der Waals surface area (Å²) < 4.78 is 5.49. The summed E-state index contributed by atoms with van der Waals surface area (Å²) in [6, 6.07) is 5.05. The number of hydrogen-bond donors (Lipinski definition) is 2. The number of carboxylic acid groups (broad SMARTS) is 1. The summed E-state index contributed by atoms with van der Waals surface area (Å²) in [6.07, 6.45) is 5.08. The molecule has 110 valence electrons. The van der Waals surface area contributed by atoms with Crippen LogP contribution in [0.4, 0.5) is 0 Å². The van der Waals surface area contributed by atoms with Gasteiger partial charge in [0.1, 0.15) is 17.9 Å². The van der Waals surface area contributed by atoms with E-state index in [-0.39, 0.29) is 12.2 Å². The van der Waals surface area contributed by atoms with Crippen LogP contribution >= 0.6 is 0 Å². The molecular weight excluding hydrogens is 256 g/mol. The van der Waals surface area contributed by atoms with E-state index in [1.807, 2.05) is 13.0 Å². The number of rotatable bonds is 6. The molecule has 2 rings (SSSR count). The molecule has 4 heteroatoms. The maximum absolute atomic E-state index is 11.2. The summed E-state index contributed by atoms with van der Waals surface area (Å²) in [5.41, 5.74) is 1.03. The average molecular weight is 278 g/mol. The van der Waals surface area contributed by atoms with Gasteiger partial charge in [-0.05, 0) is 31.4 Å². The zero-order chi connectivity index (χ0) is 14.5. The maximum atomic E-state index is 11.2. The fourth-order valence-corrected chi connectivity index (χ4v) is 2.82. The van der Waals surface area contributed by atoms with Gasteiger partial charge in [-0.1, -0.05) is 37.3 Å². The summed E-state index contributed by atoms with van der Waals surface area (Å²) in [5.74, 6) is -0.0897. The van der Waals surface area contributed by atoms with Crippen molar-refractivity contribution in [1.29, 1.82) is 0 Å². The molecule has 0 spiro atoms. The summed E-state index contributed by atoms with van der Waals surface area (Å²) in [4.78, 5) is 11.2. The molecule has 1 aromatic carbocycles. The summed E-state index contributed by atoms with van der Waals surface area (Å²) >= 11 is 0. The lowest BCUT2D eigenvalue weighted by Gasteiger charge is -2.17. The highest BCUT2D eigenvalue weighted by Crippen LogP contribution is 2.29. The van der Waals surface area contributed by atoms with Crippen molar-refractivity contribution in [2.75, 3.05) is 6.61 Å². The quantitative estimate of drug-likeness (QED) is 0.839. The Kier molecular flexibility index (Phi) is 5.01. The Morgan fingerprint density at radius 1 is 1.40 bits per heavy atom. The molecule has 1 aliphatic carbocycles. The highest BCUT2D eigenvalue weighted by molar-refractivity contribution is 5.91. The summed E-state index contributed by atoms with van der Waals surface area (Å²) in [6.45, 7) is 1.99. The zero-order valence-electron chi connectivity index (χ0n) is 11.8. The largest absolute Gasteiger partial charge is 0.490 e. The van der Waals surface area contributed by atoms with Gasteiger partial charge in [-0.15, -0.1) is 0 Å². The molecule has 1 atom stereocenters. The van der Waals surface area contributed by atoms with Crippen LogP contribution in [-0.2, 0) is 0 Å². The Morgan fingerprint density at radius 3 is 2.75 bits per heavy atom. The monoisotopic (exact) mass is 278 g/mol. The van der Waals surface area contributed by atoms with Gasteiger partial charge in [-0.3, -0.25) is 0 Å². The number of aromatic carboxylic acids is 1. The van der Waals surface area contributed by atoms with Crippen molar-refractivity contribution < 1.29 is 19.7 Å². The third-order valence-electron chi connectivity index (χ3n) is 3.88. The van der Waals surface area contributed by atoms with Gasteiger partial charge in [-0.2, -0.15) is 0 Å². The number of carbonyl (C=O) groups is 1. The minimum absolute atomic E-state index is 0.151. The molecule has 20 heavy (non-hydrogen) atoms.